The normalized spacial score (nSPS) is 20.1. The van der Waals surface area contributed by atoms with Crippen LogP contribution in [0.4, 0.5) is 0 Å². The Morgan fingerprint density at radius 1 is 1.40 bits per heavy atom. The number of rotatable bonds is 4. The van der Waals surface area contributed by atoms with Gasteiger partial charge in [0.15, 0.2) is 0 Å². The van der Waals surface area contributed by atoms with Crippen LogP contribution >= 0.6 is 9.24 Å². The zero-order valence-electron chi connectivity index (χ0n) is 7.78. The van der Waals surface area contributed by atoms with E-state index in [2.05, 4.69) is 36.9 Å². The monoisotopic (exact) mass is 160 g/mol. The van der Waals surface area contributed by atoms with Crippen molar-refractivity contribution in [2.75, 3.05) is 0 Å². The fourth-order valence-corrected chi connectivity index (χ4v) is 1.49. The molecule has 0 amide bonds. The van der Waals surface area contributed by atoms with Crippen molar-refractivity contribution in [3.05, 3.63) is 0 Å². The lowest BCUT2D eigenvalue weighted by molar-refractivity contribution is 0.428. The van der Waals surface area contributed by atoms with Gasteiger partial charge in [0.05, 0.1) is 0 Å². The molecule has 0 N–H and O–H groups in total. The molecule has 0 spiro atoms. The first-order valence-electron chi connectivity index (χ1n) is 4.30. The van der Waals surface area contributed by atoms with E-state index in [1.54, 1.807) is 0 Å². The summed E-state index contributed by atoms with van der Waals surface area (Å²) in [5, 5.41) is 0.482. The first-order chi connectivity index (χ1) is 4.52. The Hall–Kier alpha value is 0.430. The average Bonchev–Trinajstić information content (AvgIpc) is 1.87. The molecule has 0 aliphatic rings. The minimum atomic E-state index is 0.482. The lowest BCUT2D eigenvalue weighted by Crippen LogP contribution is -2.17. The molecule has 0 aliphatic heterocycles. The van der Waals surface area contributed by atoms with Crippen LogP contribution in [0, 0.1) is 5.92 Å². The molecule has 62 valence electrons. The van der Waals surface area contributed by atoms with E-state index in [0.717, 1.165) is 5.92 Å². The number of hydrogen-bond acceptors (Lipinski definition) is 0. The van der Waals surface area contributed by atoms with Gasteiger partial charge in [0.25, 0.3) is 0 Å². The minimum absolute atomic E-state index is 0.482. The van der Waals surface area contributed by atoms with Gasteiger partial charge in [-0.15, -0.1) is 9.24 Å². The molecule has 0 heterocycles. The van der Waals surface area contributed by atoms with Crippen LogP contribution in [0.3, 0.4) is 0 Å². The van der Waals surface area contributed by atoms with Crippen LogP contribution in [0.2, 0.25) is 0 Å². The Bertz CT molecular complexity index is 86.7. The summed E-state index contributed by atoms with van der Waals surface area (Å²) in [6.07, 6.45) is 3.91. The van der Waals surface area contributed by atoms with Gasteiger partial charge in [-0.3, -0.25) is 0 Å². The van der Waals surface area contributed by atoms with E-state index < -0.39 is 0 Å². The highest BCUT2D eigenvalue weighted by Crippen LogP contribution is 2.30. The smallest absolute Gasteiger partial charge is 0.0178 e. The maximum atomic E-state index is 2.97. The molecule has 0 aliphatic carbocycles. The van der Waals surface area contributed by atoms with Gasteiger partial charge in [-0.25, -0.2) is 0 Å². The van der Waals surface area contributed by atoms with Gasteiger partial charge < -0.3 is 0 Å². The van der Waals surface area contributed by atoms with Gasteiger partial charge in [-0.05, 0) is 23.9 Å². The van der Waals surface area contributed by atoms with Crippen LogP contribution in [-0.2, 0) is 0 Å². The van der Waals surface area contributed by atoms with Crippen molar-refractivity contribution in [2.45, 2.75) is 52.1 Å². The summed E-state index contributed by atoms with van der Waals surface area (Å²) in [4.78, 5) is 0. The molecule has 0 nitrogen and oxygen atoms in total. The molecule has 10 heavy (non-hydrogen) atoms. The van der Waals surface area contributed by atoms with Crippen molar-refractivity contribution >= 4 is 9.24 Å². The van der Waals surface area contributed by atoms with Gasteiger partial charge >= 0.3 is 0 Å². The molecule has 3 atom stereocenters. The maximum absolute atomic E-state index is 2.97. The first kappa shape index (κ1) is 10.4. The summed E-state index contributed by atoms with van der Waals surface area (Å²) in [7, 11) is 2.97. The predicted octanol–water partition coefficient (Wildman–Crippen LogP) is 3.47. The van der Waals surface area contributed by atoms with Crippen LogP contribution in [0.15, 0.2) is 0 Å². The van der Waals surface area contributed by atoms with Gasteiger partial charge in [-0.2, -0.15) is 0 Å². The highest BCUT2D eigenvalue weighted by atomic mass is 31.0. The van der Waals surface area contributed by atoms with E-state index in [9.17, 15) is 0 Å². The standard InChI is InChI=1S/C9H21P/c1-5-8(3)7-9(4,10)6-2/h8H,5-7,10H2,1-4H3. The molecule has 0 saturated carbocycles. The second-order valence-electron chi connectivity index (χ2n) is 3.73. The minimum Gasteiger partial charge on any atom is -0.131 e. The molecule has 0 aromatic heterocycles. The third-order valence-corrected chi connectivity index (χ3v) is 2.96. The van der Waals surface area contributed by atoms with E-state index in [1.807, 2.05) is 0 Å². The molecule has 0 aromatic rings. The second-order valence-corrected chi connectivity index (χ2v) is 5.12. The maximum Gasteiger partial charge on any atom is -0.0178 e. The Morgan fingerprint density at radius 3 is 2.20 bits per heavy atom. The van der Waals surface area contributed by atoms with Gasteiger partial charge in [0.1, 0.15) is 0 Å². The Balaban J connectivity index is 3.64. The van der Waals surface area contributed by atoms with E-state index in [0.29, 0.717) is 5.16 Å². The Kier molecular flexibility index (Phi) is 4.52. The Labute approximate surface area is 68.0 Å². The van der Waals surface area contributed by atoms with Crippen molar-refractivity contribution in [2.24, 2.45) is 5.92 Å². The summed E-state index contributed by atoms with van der Waals surface area (Å²) in [5.41, 5.74) is 0. The van der Waals surface area contributed by atoms with Gasteiger partial charge in [0.2, 0.25) is 0 Å². The van der Waals surface area contributed by atoms with Crippen LogP contribution in [-0.4, -0.2) is 5.16 Å². The van der Waals surface area contributed by atoms with Crippen molar-refractivity contribution in [1.29, 1.82) is 0 Å². The highest BCUT2D eigenvalue weighted by Gasteiger charge is 2.17. The summed E-state index contributed by atoms with van der Waals surface area (Å²) in [5.74, 6) is 0.877. The van der Waals surface area contributed by atoms with Crippen LogP contribution in [0.5, 0.6) is 0 Å². The van der Waals surface area contributed by atoms with Crippen LogP contribution in [0.25, 0.3) is 0 Å². The predicted molar refractivity (Wildman–Crippen MR) is 52.5 cm³/mol. The summed E-state index contributed by atoms with van der Waals surface area (Å²) >= 11 is 0. The molecule has 0 radical (unpaired) electrons. The largest absolute Gasteiger partial charge is 0.131 e. The molecule has 0 saturated heterocycles. The zero-order chi connectivity index (χ0) is 8.20. The molecule has 3 unspecified atom stereocenters. The van der Waals surface area contributed by atoms with E-state index in [4.69, 9.17) is 0 Å². The summed E-state index contributed by atoms with van der Waals surface area (Å²) in [6, 6.07) is 0. The van der Waals surface area contributed by atoms with E-state index in [-0.39, 0.29) is 0 Å². The van der Waals surface area contributed by atoms with Crippen LogP contribution < -0.4 is 0 Å². The quantitative estimate of drug-likeness (QED) is 0.552. The van der Waals surface area contributed by atoms with E-state index >= 15 is 0 Å². The fraction of sp³-hybridized carbons (Fsp3) is 1.00. The van der Waals surface area contributed by atoms with Gasteiger partial charge in [0, 0.05) is 0 Å². The van der Waals surface area contributed by atoms with E-state index in [1.165, 1.54) is 19.3 Å². The summed E-state index contributed by atoms with van der Waals surface area (Å²) < 4.78 is 0. The third-order valence-electron chi connectivity index (χ3n) is 2.32. The third kappa shape index (κ3) is 4.28. The first-order valence-corrected chi connectivity index (χ1v) is 4.88. The van der Waals surface area contributed by atoms with Crippen molar-refractivity contribution in [3.63, 3.8) is 0 Å². The molecule has 0 aromatic carbocycles. The lowest BCUT2D eigenvalue weighted by Gasteiger charge is -2.25. The molecule has 1 heteroatoms. The fourth-order valence-electron chi connectivity index (χ4n) is 1.08. The van der Waals surface area contributed by atoms with Gasteiger partial charge in [-0.1, -0.05) is 34.1 Å². The average molecular weight is 160 g/mol. The molecule has 0 bridgehead atoms. The second kappa shape index (κ2) is 4.34. The highest BCUT2D eigenvalue weighted by molar-refractivity contribution is 7.18. The van der Waals surface area contributed by atoms with Crippen molar-refractivity contribution < 1.29 is 0 Å². The molecular weight excluding hydrogens is 139 g/mol. The Morgan fingerprint density at radius 2 is 1.90 bits per heavy atom. The zero-order valence-corrected chi connectivity index (χ0v) is 8.93. The van der Waals surface area contributed by atoms with Crippen molar-refractivity contribution in [1.82, 2.24) is 0 Å². The van der Waals surface area contributed by atoms with Crippen LogP contribution in [0.1, 0.15) is 47.0 Å². The molecular formula is C9H21P. The summed E-state index contributed by atoms with van der Waals surface area (Å²) in [6.45, 7) is 9.18. The SMILES string of the molecule is CCC(C)CC(C)(P)CC. The van der Waals surface area contributed by atoms with Crippen molar-refractivity contribution in [3.8, 4) is 0 Å². The molecule has 0 rings (SSSR count). The topological polar surface area (TPSA) is 0 Å². The molecule has 0 fully saturated rings. The number of hydrogen-bond donors (Lipinski definition) is 0. The lowest BCUT2D eigenvalue weighted by atomic mass is 9.93.